The summed E-state index contributed by atoms with van der Waals surface area (Å²) < 4.78 is 29.9. The van der Waals surface area contributed by atoms with Gasteiger partial charge >= 0.3 is 0 Å². The zero-order valence-corrected chi connectivity index (χ0v) is 19.1. The Hall–Kier alpha value is -3.14. The van der Waals surface area contributed by atoms with Crippen molar-refractivity contribution in [2.45, 2.75) is 21.7 Å². The Morgan fingerprint density at radius 1 is 0.938 bits per heavy atom. The molecule has 0 bridgehead atoms. The van der Waals surface area contributed by atoms with Crippen LogP contribution < -0.4 is 5.32 Å². The predicted octanol–water partition coefficient (Wildman–Crippen LogP) is 5.79. The van der Waals surface area contributed by atoms with E-state index in [4.69, 9.17) is 11.6 Å². The lowest BCUT2D eigenvalue weighted by atomic mass is 10.3. The Labute approximate surface area is 194 Å². The van der Waals surface area contributed by atoms with E-state index in [1.54, 1.807) is 30.3 Å². The zero-order valence-electron chi connectivity index (χ0n) is 16.7. The molecule has 0 aliphatic carbocycles. The minimum absolute atomic E-state index is 0.0282. The van der Waals surface area contributed by atoms with Gasteiger partial charge in [0.05, 0.1) is 15.4 Å². The Morgan fingerprint density at radius 2 is 1.56 bits per heavy atom. The highest BCUT2D eigenvalue weighted by molar-refractivity contribution is 7.99. The van der Waals surface area contributed by atoms with Gasteiger partial charge in [0.15, 0.2) is 0 Å². The summed E-state index contributed by atoms with van der Waals surface area (Å²) in [4.78, 5) is 20.9. The number of sulfonamides is 1. The van der Waals surface area contributed by atoms with E-state index in [0.717, 1.165) is 0 Å². The second kappa shape index (κ2) is 9.15. The van der Waals surface area contributed by atoms with E-state index >= 15 is 0 Å². The summed E-state index contributed by atoms with van der Waals surface area (Å²) in [5, 5.41) is 3.42. The number of hydrogen-bond donors (Lipinski definition) is 1. The smallest absolute Gasteiger partial charge is 0.221 e. The van der Waals surface area contributed by atoms with Crippen molar-refractivity contribution in [2.75, 3.05) is 5.32 Å². The van der Waals surface area contributed by atoms with Crippen LogP contribution in [0.3, 0.4) is 0 Å². The maximum absolute atomic E-state index is 13.0. The number of anilines is 1. The molecule has 7 nitrogen and oxygen atoms in total. The molecular formula is C22H16ClN4O3S2-. The van der Waals surface area contributed by atoms with Gasteiger partial charge in [0.1, 0.15) is 5.03 Å². The number of halogens is 1. The van der Waals surface area contributed by atoms with Crippen molar-refractivity contribution < 1.29 is 13.2 Å². The third kappa shape index (κ3) is 5.01. The van der Waals surface area contributed by atoms with E-state index in [1.807, 2.05) is 18.2 Å². The van der Waals surface area contributed by atoms with E-state index in [0.29, 0.717) is 31.7 Å². The molecule has 0 spiro atoms. The van der Waals surface area contributed by atoms with Crippen molar-refractivity contribution in [1.82, 2.24) is 9.97 Å². The second-order valence-electron chi connectivity index (χ2n) is 6.65. The van der Waals surface area contributed by atoms with Crippen molar-refractivity contribution >= 4 is 61.8 Å². The number of rotatable bonds is 6. The first-order valence-electron chi connectivity index (χ1n) is 9.37. The van der Waals surface area contributed by atoms with Gasteiger partial charge < -0.3 is 15.0 Å². The van der Waals surface area contributed by atoms with Crippen LogP contribution in [0.5, 0.6) is 0 Å². The first kappa shape index (κ1) is 22.1. The fourth-order valence-corrected chi connectivity index (χ4v) is 4.91. The van der Waals surface area contributed by atoms with E-state index in [-0.39, 0.29) is 16.6 Å². The second-order valence-corrected chi connectivity index (χ2v) is 9.69. The highest BCUT2D eigenvalue weighted by atomic mass is 35.5. The maximum atomic E-state index is 13.0. The third-order valence-electron chi connectivity index (χ3n) is 4.24. The monoisotopic (exact) mass is 483 g/mol. The molecule has 0 unspecified atom stereocenters. The maximum Gasteiger partial charge on any atom is 0.221 e. The van der Waals surface area contributed by atoms with Crippen LogP contribution in [0.15, 0.2) is 87.6 Å². The minimum Gasteiger partial charge on any atom is -0.432 e. The lowest BCUT2D eigenvalue weighted by molar-refractivity contribution is -0.114. The Morgan fingerprint density at radius 3 is 2.22 bits per heavy atom. The molecule has 1 N–H and O–H groups in total. The number of benzene rings is 3. The number of carbonyl (C=O) groups excluding carboxylic acids is 1. The van der Waals surface area contributed by atoms with Crippen LogP contribution in [0.25, 0.3) is 15.8 Å². The molecule has 0 radical (unpaired) electrons. The standard InChI is InChI=1S/C22H17ClN4O3S2/c1-14(28)24-15-10-12-16(13-11-15)32(29,30)27-21-22(31-20-9-5-2-6-17(20)23)26-19-8-4-3-7-18(19)25-21/h2-13H,1H3,(H2,24,25,27,28)/p-1. The molecule has 4 rings (SSSR count). The SMILES string of the molecule is CC(=O)Nc1ccc(S(=O)(=O)[N-]c2nc3ccccc3nc2Sc2ccccc2Cl)cc1. The number of carbonyl (C=O) groups is 1. The molecular weight excluding hydrogens is 468 g/mol. The van der Waals surface area contributed by atoms with Crippen LogP contribution in [0, 0.1) is 0 Å². The van der Waals surface area contributed by atoms with Crippen LogP contribution in [0.1, 0.15) is 6.92 Å². The average molecular weight is 484 g/mol. The van der Waals surface area contributed by atoms with Crippen molar-refractivity contribution in [2.24, 2.45) is 0 Å². The topological polar surface area (TPSA) is 103 Å². The summed E-state index contributed by atoms with van der Waals surface area (Å²) >= 11 is 7.47. The molecule has 0 saturated heterocycles. The molecule has 0 saturated carbocycles. The number of hydrogen-bond acceptors (Lipinski definition) is 6. The highest BCUT2D eigenvalue weighted by Gasteiger charge is 2.14. The van der Waals surface area contributed by atoms with Crippen LogP contribution in [0.2, 0.25) is 5.02 Å². The predicted molar refractivity (Wildman–Crippen MR) is 126 cm³/mol. The van der Waals surface area contributed by atoms with Crippen LogP contribution >= 0.6 is 23.4 Å². The van der Waals surface area contributed by atoms with Crippen molar-refractivity contribution in [3.05, 3.63) is 82.5 Å². The fourth-order valence-electron chi connectivity index (χ4n) is 2.81. The zero-order chi connectivity index (χ0) is 22.7. The van der Waals surface area contributed by atoms with Gasteiger partial charge in [-0.2, -0.15) is 0 Å². The highest BCUT2D eigenvalue weighted by Crippen LogP contribution is 2.40. The lowest BCUT2D eigenvalue weighted by Crippen LogP contribution is -2.06. The van der Waals surface area contributed by atoms with E-state index in [1.165, 1.54) is 43.0 Å². The van der Waals surface area contributed by atoms with Gasteiger partial charge in [-0.3, -0.25) is 4.79 Å². The third-order valence-corrected chi connectivity index (χ3v) is 7.01. The molecule has 1 amide bonds. The molecule has 0 aliphatic heterocycles. The molecule has 3 aromatic carbocycles. The van der Waals surface area contributed by atoms with Gasteiger partial charge in [0, 0.05) is 17.5 Å². The summed E-state index contributed by atoms with van der Waals surface area (Å²) in [7, 11) is -4.09. The Kier molecular flexibility index (Phi) is 6.31. The van der Waals surface area contributed by atoms with Crippen LogP contribution in [-0.4, -0.2) is 24.3 Å². The largest absolute Gasteiger partial charge is 0.432 e. The van der Waals surface area contributed by atoms with Gasteiger partial charge in [-0.25, -0.2) is 13.4 Å². The van der Waals surface area contributed by atoms with Crippen molar-refractivity contribution in [3.8, 4) is 0 Å². The number of nitrogens with one attached hydrogen (secondary N) is 1. The fraction of sp³-hybridized carbons (Fsp3) is 0.0455. The Balaban J connectivity index is 1.72. The average Bonchev–Trinajstić information content (AvgIpc) is 2.75. The molecule has 1 heterocycles. The number of aromatic nitrogens is 2. The molecule has 1 aromatic heterocycles. The van der Waals surface area contributed by atoms with Gasteiger partial charge in [0.25, 0.3) is 0 Å². The summed E-state index contributed by atoms with van der Waals surface area (Å²) in [6.45, 7) is 1.37. The normalized spacial score (nSPS) is 11.3. The molecule has 32 heavy (non-hydrogen) atoms. The summed E-state index contributed by atoms with van der Waals surface area (Å²) in [5.74, 6) is -0.280. The van der Waals surface area contributed by atoms with Gasteiger partial charge in [0.2, 0.25) is 15.9 Å². The molecule has 0 fully saturated rings. The van der Waals surface area contributed by atoms with Crippen LogP contribution in [-0.2, 0) is 14.8 Å². The number of fused-ring (bicyclic) bond motifs is 1. The molecule has 0 atom stereocenters. The summed E-state index contributed by atoms with van der Waals surface area (Å²) in [6, 6.07) is 20.1. The number of amides is 1. The number of nitrogens with zero attached hydrogens (tertiary/aromatic N) is 3. The van der Waals surface area contributed by atoms with E-state index < -0.39 is 10.0 Å². The number of para-hydroxylation sites is 2. The molecule has 0 aliphatic rings. The quantitative estimate of drug-likeness (QED) is 0.372. The molecule has 10 heteroatoms. The van der Waals surface area contributed by atoms with Gasteiger partial charge in [-0.1, -0.05) is 53.7 Å². The van der Waals surface area contributed by atoms with E-state index in [2.05, 4.69) is 20.0 Å². The van der Waals surface area contributed by atoms with Gasteiger partial charge in [-0.05, 0) is 53.8 Å². The van der Waals surface area contributed by atoms with Crippen molar-refractivity contribution in [1.29, 1.82) is 0 Å². The van der Waals surface area contributed by atoms with E-state index in [9.17, 15) is 13.2 Å². The first-order chi connectivity index (χ1) is 15.3. The minimum atomic E-state index is -4.09. The molecule has 4 aromatic rings. The molecule has 162 valence electrons. The van der Waals surface area contributed by atoms with Crippen molar-refractivity contribution in [3.63, 3.8) is 0 Å². The Bertz CT molecular complexity index is 1410. The van der Waals surface area contributed by atoms with Gasteiger partial charge in [-0.15, -0.1) is 0 Å². The lowest BCUT2D eigenvalue weighted by Gasteiger charge is -2.20. The first-order valence-corrected chi connectivity index (χ1v) is 12.0. The summed E-state index contributed by atoms with van der Waals surface area (Å²) in [5.41, 5.74) is 1.61. The summed E-state index contributed by atoms with van der Waals surface area (Å²) in [6.07, 6.45) is 0. The van der Waals surface area contributed by atoms with Crippen LogP contribution in [0.4, 0.5) is 11.5 Å².